The smallest absolute Gasteiger partial charge is 0.311 e. The Morgan fingerprint density at radius 1 is 1.33 bits per heavy atom. The zero-order valence-corrected chi connectivity index (χ0v) is 15.8. The first-order valence-electron chi connectivity index (χ1n) is 8.35. The highest BCUT2D eigenvalue weighted by Gasteiger charge is 2.26. The fraction of sp³-hybridized carbons (Fsp3) is 0.190. The zero-order chi connectivity index (χ0) is 19.4. The summed E-state index contributed by atoms with van der Waals surface area (Å²) < 4.78 is 5.42. The molecule has 0 saturated heterocycles. The molecule has 1 unspecified atom stereocenters. The number of carbonyl (C=O) groups is 1. The summed E-state index contributed by atoms with van der Waals surface area (Å²) >= 11 is 1.49. The van der Waals surface area contributed by atoms with Gasteiger partial charge in [-0.1, -0.05) is 24.3 Å². The molecule has 0 aliphatic rings. The number of ether oxygens (including phenoxy) is 1. The first-order valence-corrected chi connectivity index (χ1v) is 9.16. The number of methoxy groups -OCH3 is 1. The van der Waals surface area contributed by atoms with Crippen LogP contribution in [0.25, 0.3) is 11.1 Å². The summed E-state index contributed by atoms with van der Waals surface area (Å²) in [5.74, 6) is -1.22. The topological polar surface area (TPSA) is 83.2 Å². The average molecular weight is 378 g/mol. The van der Waals surface area contributed by atoms with Crippen LogP contribution in [0.2, 0.25) is 0 Å². The van der Waals surface area contributed by atoms with Gasteiger partial charge in [0.15, 0.2) is 0 Å². The van der Waals surface area contributed by atoms with Gasteiger partial charge in [-0.15, -0.1) is 11.3 Å². The Kier molecular flexibility index (Phi) is 5.53. The molecule has 0 aliphatic heterocycles. The monoisotopic (exact) mass is 378 g/mol. The second-order valence-electron chi connectivity index (χ2n) is 6.07. The van der Waals surface area contributed by atoms with Crippen molar-refractivity contribution in [2.24, 2.45) is 0 Å². The van der Waals surface area contributed by atoms with Crippen molar-refractivity contribution in [3.05, 3.63) is 69.7 Å². The van der Waals surface area contributed by atoms with E-state index in [9.17, 15) is 15.2 Å². The maximum atomic E-state index is 12.0. The van der Waals surface area contributed by atoms with Crippen LogP contribution in [0.3, 0.4) is 0 Å². The predicted octanol–water partition coefficient (Wildman–Crippen LogP) is 4.41. The van der Waals surface area contributed by atoms with Crippen LogP contribution < -0.4 is 4.74 Å². The Bertz CT molecular complexity index is 1020. The Labute approximate surface area is 161 Å². The van der Waals surface area contributed by atoms with E-state index in [4.69, 9.17) is 4.74 Å². The highest BCUT2D eigenvalue weighted by Crippen LogP contribution is 2.35. The van der Waals surface area contributed by atoms with E-state index >= 15 is 0 Å². The third kappa shape index (κ3) is 3.99. The van der Waals surface area contributed by atoms with Gasteiger partial charge in [0.05, 0.1) is 29.7 Å². The second-order valence-corrected chi connectivity index (χ2v) is 7.39. The lowest BCUT2D eigenvalue weighted by atomic mass is 9.91. The van der Waals surface area contributed by atoms with Gasteiger partial charge in [0, 0.05) is 23.1 Å². The summed E-state index contributed by atoms with van der Waals surface area (Å²) in [5, 5.41) is 20.0. The first-order chi connectivity index (χ1) is 13.0. The van der Waals surface area contributed by atoms with E-state index in [0.29, 0.717) is 16.9 Å². The third-order valence-electron chi connectivity index (χ3n) is 4.31. The number of nitriles is 1. The van der Waals surface area contributed by atoms with E-state index in [0.717, 1.165) is 21.0 Å². The number of nitrogens with zero attached hydrogens (tertiary/aromatic N) is 2. The van der Waals surface area contributed by atoms with Gasteiger partial charge in [-0.2, -0.15) is 5.26 Å². The van der Waals surface area contributed by atoms with E-state index in [1.54, 1.807) is 30.5 Å². The quantitative estimate of drug-likeness (QED) is 0.687. The SMILES string of the molecule is COc1ccc(-c2ccccc2C#N)cc1C(Cc1ncc(C)s1)C(=O)O. The van der Waals surface area contributed by atoms with Crippen molar-refractivity contribution < 1.29 is 14.6 Å². The Hall–Kier alpha value is -3.17. The molecule has 3 aromatic rings. The Morgan fingerprint density at radius 3 is 2.74 bits per heavy atom. The van der Waals surface area contributed by atoms with E-state index in [1.165, 1.54) is 18.4 Å². The lowest BCUT2D eigenvalue weighted by Crippen LogP contribution is -2.15. The number of aromatic nitrogens is 1. The van der Waals surface area contributed by atoms with Crippen molar-refractivity contribution in [3.63, 3.8) is 0 Å². The van der Waals surface area contributed by atoms with Gasteiger partial charge in [-0.25, -0.2) is 4.98 Å². The van der Waals surface area contributed by atoms with Crippen LogP contribution in [-0.2, 0) is 11.2 Å². The van der Waals surface area contributed by atoms with Crippen LogP contribution in [0.15, 0.2) is 48.7 Å². The number of hydrogen-bond donors (Lipinski definition) is 1. The van der Waals surface area contributed by atoms with E-state index < -0.39 is 11.9 Å². The number of benzene rings is 2. The van der Waals surface area contributed by atoms with Crippen molar-refractivity contribution in [1.29, 1.82) is 5.26 Å². The normalized spacial score (nSPS) is 11.6. The number of aryl methyl sites for hydroxylation is 1. The summed E-state index contributed by atoms with van der Waals surface area (Å²) in [6.07, 6.45) is 2.03. The molecule has 27 heavy (non-hydrogen) atoms. The van der Waals surface area contributed by atoms with E-state index in [-0.39, 0.29) is 6.42 Å². The van der Waals surface area contributed by atoms with Gasteiger partial charge in [0.25, 0.3) is 0 Å². The summed E-state index contributed by atoms with van der Waals surface area (Å²) in [4.78, 5) is 17.4. The van der Waals surface area contributed by atoms with Gasteiger partial charge < -0.3 is 9.84 Å². The number of aliphatic carboxylic acids is 1. The predicted molar refractivity (Wildman–Crippen MR) is 104 cm³/mol. The number of carboxylic acids is 1. The lowest BCUT2D eigenvalue weighted by Gasteiger charge is -2.17. The average Bonchev–Trinajstić information content (AvgIpc) is 3.10. The third-order valence-corrected chi connectivity index (χ3v) is 5.24. The Morgan fingerprint density at radius 2 is 2.11 bits per heavy atom. The van der Waals surface area contributed by atoms with Gasteiger partial charge in [-0.05, 0) is 36.2 Å². The molecule has 1 N–H and O–H groups in total. The standard InChI is InChI=1S/C21H18N2O3S/c1-13-12-23-20(27-13)10-18(21(24)25)17-9-14(7-8-19(17)26-2)16-6-4-3-5-15(16)11-22/h3-9,12,18H,10H2,1-2H3,(H,24,25). The molecule has 0 spiro atoms. The molecule has 0 amide bonds. The number of carboxylic acid groups (broad SMARTS) is 1. The van der Waals surface area contributed by atoms with Crippen molar-refractivity contribution in [2.75, 3.05) is 7.11 Å². The van der Waals surface area contributed by atoms with Gasteiger partial charge in [-0.3, -0.25) is 4.79 Å². The van der Waals surface area contributed by atoms with Gasteiger partial charge in [0.1, 0.15) is 5.75 Å². The molecule has 5 nitrogen and oxygen atoms in total. The van der Waals surface area contributed by atoms with Gasteiger partial charge >= 0.3 is 5.97 Å². The molecule has 136 valence electrons. The van der Waals surface area contributed by atoms with E-state index in [2.05, 4.69) is 11.1 Å². The summed E-state index contributed by atoms with van der Waals surface area (Å²) in [7, 11) is 1.52. The molecule has 1 atom stereocenters. The number of thiazole rings is 1. The zero-order valence-electron chi connectivity index (χ0n) is 15.0. The minimum Gasteiger partial charge on any atom is -0.496 e. The Balaban J connectivity index is 2.09. The van der Waals surface area contributed by atoms with Crippen LogP contribution in [-0.4, -0.2) is 23.2 Å². The summed E-state index contributed by atoms with van der Waals surface area (Å²) in [5.41, 5.74) is 2.65. The minimum absolute atomic E-state index is 0.285. The fourth-order valence-corrected chi connectivity index (χ4v) is 3.84. The summed E-state index contributed by atoms with van der Waals surface area (Å²) in [6, 6.07) is 14.8. The molecule has 0 aliphatic carbocycles. The summed E-state index contributed by atoms with van der Waals surface area (Å²) in [6.45, 7) is 1.94. The highest BCUT2D eigenvalue weighted by molar-refractivity contribution is 7.11. The van der Waals surface area contributed by atoms with Crippen LogP contribution in [0.1, 0.15) is 26.9 Å². The molecule has 0 radical (unpaired) electrons. The molecule has 1 heterocycles. The first kappa shape index (κ1) is 18.6. The molecular weight excluding hydrogens is 360 g/mol. The maximum Gasteiger partial charge on any atom is 0.311 e. The van der Waals surface area contributed by atoms with Crippen molar-refractivity contribution in [1.82, 2.24) is 4.98 Å². The molecular formula is C21H18N2O3S. The second kappa shape index (κ2) is 8.02. The molecule has 0 fully saturated rings. The molecule has 3 rings (SSSR count). The molecule has 2 aromatic carbocycles. The number of hydrogen-bond acceptors (Lipinski definition) is 5. The molecule has 6 heteroatoms. The number of rotatable bonds is 6. The lowest BCUT2D eigenvalue weighted by molar-refractivity contribution is -0.138. The largest absolute Gasteiger partial charge is 0.496 e. The van der Waals surface area contributed by atoms with E-state index in [1.807, 2.05) is 25.1 Å². The van der Waals surface area contributed by atoms with Crippen LogP contribution in [0.5, 0.6) is 5.75 Å². The van der Waals surface area contributed by atoms with Crippen LogP contribution in [0, 0.1) is 18.3 Å². The molecule has 1 aromatic heterocycles. The molecule has 0 saturated carbocycles. The highest BCUT2D eigenvalue weighted by atomic mass is 32.1. The van der Waals surface area contributed by atoms with Gasteiger partial charge in [0.2, 0.25) is 0 Å². The fourth-order valence-electron chi connectivity index (χ4n) is 3.01. The van der Waals surface area contributed by atoms with Crippen LogP contribution in [0.4, 0.5) is 0 Å². The van der Waals surface area contributed by atoms with Crippen molar-refractivity contribution in [3.8, 4) is 22.9 Å². The maximum absolute atomic E-state index is 12.0. The van der Waals surface area contributed by atoms with Crippen molar-refractivity contribution in [2.45, 2.75) is 19.3 Å². The van der Waals surface area contributed by atoms with Crippen molar-refractivity contribution >= 4 is 17.3 Å². The molecule has 0 bridgehead atoms. The van der Waals surface area contributed by atoms with Crippen LogP contribution >= 0.6 is 11.3 Å². The minimum atomic E-state index is -0.938.